The van der Waals surface area contributed by atoms with E-state index in [1.54, 1.807) is 0 Å². The molecule has 0 amide bonds. The van der Waals surface area contributed by atoms with Crippen LogP contribution in [0.25, 0.3) is 0 Å². The first-order valence-electron chi connectivity index (χ1n) is 5.14. The molecule has 2 heterocycles. The molecule has 0 N–H and O–H groups in total. The fourth-order valence-corrected chi connectivity index (χ4v) is 4.46. The average molecular weight is 232 g/mol. The van der Waals surface area contributed by atoms with Gasteiger partial charge in [0.05, 0.1) is 0 Å². The van der Waals surface area contributed by atoms with Gasteiger partial charge in [0.15, 0.2) is 0 Å². The molecule has 0 aliphatic carbocycles. The quantitative estimate of drug-likeness (QED) is 0.644. The van der Waals surface area contributed by atoms with Crippen molar-refractivity contribution in [1.82, 2.24) is 0 Å². The van der Waals surface area contributed by atoms with E-state index in [1.807, 2.05) is 23.1 Å². The van der Waals surface area contributed by atoms with Crippen molar-refractivity contribution < 1.29 is 0 Å². The fourth-order valence-electron chi connectivity index (χ4n) is 2.13. The lowest BCUT2D eigenvalue weighted by Crippen LogP contribution is -1.95. The molecule has 2 aromatic rings. The average Bonchev–Trinajstić information content (AvgIpc) is 2.69. The molecule has 1 unspecified atom stereocenters. The summed E-state index contributed by atoms with van der Waals surface area (Å²) in [6.45, 7) is 2.32. The van der Waals surface area contributed by atoms with Crippen LogP contribution in [0.5, 0.6) is 0 Å². The summed E-state index contributed by atoms with van der Waals surface area (Å²) in [5.74, 6) is 1.68. The predicted octanol–water partition coefficient (Wildman–Crippen LogP) is 4.51. The summed E-state index contributed by atoms with van der Waals surface area (Å²) in [4.78, 5) is 3.01. The first kappa shape index (κ1) is 9.49. The highest BCUT2D eigenvalue weighted by Gasteiger charge is 2.20. The van der Waals surface area contributed by atoms with Crippen LogP contribution in [0.3, 0.4) is 0 Å². The smallest absolute Gasteiger partial charge is 0.0253 e. The second kappa shape index (κ2) is 3.69. The summed E-state index contributed by atoms with van der Waals surface area (Å²) >= 11 is 3.86. The van der Waals surface area contributed by atoms with Crippen molar-refractivity contribution in [1.29, 1.82) is 0 Å². The summed E-state index contributed by atoms with van der Waals surface area (Å²) in [6.07, 6.45) is 0. The maximum Gasteiger partial charge on any atom is 0.0253 e. The highest BCUT2D eigenvalue weighted by molar-refractivity contribution is 7.98. The van der Waals surface area contributed by atoms with Crippen LogP contribution in [0.4, 0.5) is 0 Å². The molecule has 1 aromatic heterocycles. The van der Waals surface area contributed by atoms with Gasteiger partial charge in [-0.25, -0.2) is 0 Å². The molecule has 0 fully saturated rings. The molecule has 1 aliphatic rings. The molecule has 76 valence electrons. The molecule has 3 rings (SSSR count). The SMILES string of the molecule is CC1c2ccccc2CSc2ccsc21. The van der Waals surface area contributed by atoms with E-state index in [9.17, 15) is 0 Å². The van der Waals surface area contributed by atoms with Gasteiger partial charge < -0.3 is 0 Å². The van der Waals surface area contributed by atoms with Crippen LogP contribution in [-0.4, -0.2) is 0 Å². The van der Waals surface area contributed by atoms with Gasteiger partial charge in [0.25, 0.3) is 0 Å². The summed E-state index contributed by atoms with van der Waals surface area (Å²) < 4.78 is 0. The minimum atomic E-state index is 0.561. The summed E-state index contributed by atoms with van der Waals surface area (Å²) in [5, 5.41) is 2.21. The predicted molar refractivity (Wildman–Crippen MR) is 67.8 cm³/mol. The Bertz CT molecular complexity index is 485. The van der Waals surface area contributed by atoms with E-state index in [1.165, 1.54) is 20.9 Å². The Balaban J connectivity index is 2.18. The van der Waals surface area contributed by atoms with Gasteiger partial charge in [-0.15, -0.1) is 23.1 Å². The molecule has 0 saturated carbocycles. The molecule has 0 saturated heterocycles. The van der Waals surface area contributed by atoms with Crippen LogP contribution >= 0.6 is 23.1 Å². The van der Waals surface area contributed by atoms with E-state index in [0.717, 1.165) is 5.75 Å². The van der Waals surface area contributed by atoms with E-state index in [-0.39, 0.29) is 0 Å². The molecule has 1 aliphatic heterocycles. The van der Waals surface area contributed by atoms with Crippen molar-refractivity contribution in [2.45, 2.75) is 23.5 Å². The van der Waals surface area contributed by atoms with E-state index >= 15 is 0 Å². The lowest BCUT2D eigenvalue weighted by molar-refractivity contribution is 0.918. The van der Waals surface area contributed by atoms with E-state index in [0.29, 0.717) is 5.92 Å². The van der Waals surface area contributed by atoms with Gasteiger partial charge in [0.2, 0.25) is 0 Å². The third-order valence-electron chi connectivity index (χ3n) is 2.96. The second-order valence-corrected chi connectivity index (χ2v) is 5.82. The van der Waals surface area contributed by atoms with Gasteiger partial charge in [-0.3, -0.25) is 0 Å². The highest BCUT2D eigenvalue weighted by Crippen LogP contribution is 2.42. The molecule has 0 radical (unpaired) electrons. The normalized spacial score (nSPS) is 19.1. The van der Waals surface area contributed by atoms with Crippen LogP contribution < -0.4 is 0 Å². The van der Waals surface area contributed by atoms with Gasteiger partial charge in [-0.05, 0) is 22.6 Å². The molecule has 15 heavy (non-hydrogen) atoms. The topological polar surface area (TPSA) is 0 Å². The zero-order chi connectivity index (χ0) is 10.3. The van der Waals surface area contributed by atoms with Gasteiger partial charge in [0.1, 0.15) is 0 Å². The fraction of sp³-hybridized carbons (Fsp3) is 0.231. The molecular weight excluding hydrogens is 220 g/mol. The van der Waals surface area contributed by atoms with E-state index < -0.39 is 0 Å². The lowest BCUT2D eigenvalue weighted by atomic mass is 9.95. The highest BCUT2D eigenvalue weighted by atomic mass is 32.2. The summed E-state index contributed by atoms with van der Waals surface area (Å²) in [6, 6.07) is 11.1. The Hall–Kier alpha value is -0.730. The van der Waals surface area contributed by atoms with Crippen molar-refractivity contribution in [3.63, 3.8) is 0 Å². The Labute approximate surface area is 98.3 Å². The second-order valence-electron chi connectivity index (χ2n) is 3.86. The number of thioether (sulfide) groups is 1. The number of thiophene rings is 1. The summed E-state index contributed by atoms with van der Waals surface area (Å²) in [5.41, 5.74) is 3.00. The first-order chi connectivity index (χ1) is 7.36. The third kappa shape index (κ3) is 1.52. The molecule has 1 atom stereocenters. The molecule has 0 spiro atoms. The van der Waals surface area contributed by atoms with Crippen molar-refractivity contribution in [2.24, 2.45) is 0 Å². The van der Waals surface area contributed by atoms with E-state index in [4.69, 9.17) is 0 Å². The number of hydrogen-bond acceptors (Lipinski definition) is 2. The molecular formula is C13H12S2. The third-order valence-corrected chi connectivity index (χ3v) is 5.31. The largest absolute Gasteiger partial charge is 0.147 e. The zero-order valence-electron chi connectivity index (χ0n) is 8.57. The van der Waals surface area contributed by atoms with Crippen molar-refractivity contribution >= 4 is 23.1 Å². The Kier molecular flexibility index (Phi) is 2.33. The molecule has 2 heteroatoms. The molecule has 1 aromatic carbocycles. The maximum atomic E-state index is 2.32. The van der Waals surface area contributed by atoms with Gasteiger partial charge in [0, 0.05) is 21.4 Å². The van der Waals surface area contributed by atoms with Gasteiger partial charge in [-0.1, -0.05) is 31.2 Å². The summed E-state index contributed by atoms with van der Waals surface area (Å²) in [7, 11) is 0. The van der Waals surface area contributed by atoms with Crippen LogP contribution in [0.2, 0.25) is 0 Å². The number of hydrogen-bond donors (Lipinski definition) is 0. The van der Waals surface area contributed by atoms with Crippen LogP contribution in [0.1, 0.15) is 28.8 Å². The zero-order valence-corrected chi connectivity index (χ0v) is 10.2. The minimum Gasteiger partial charge on any atom is -0.147 e. The number of fused-ring (bicyclic) bond motifs is 2. The van der Waals surface area contributed by atoms with Crippen LogP contribution in [0, 0.1) is 0 Å². The van der Waals surface area contributed by atoms with Gasteiger partial charge in [-0.2, -0.15) is 0 Å². The van der Waals surface area contributed by atoms with Crippen LogP contribution in [0.15, 0.2) is 40.6 Å². The lowest BCUT2D eigenvalue weighted by Gasteiger charge is -2.11. The van der Waals surface area contributed by atoms with Crippen molar-refractivity contribution in [3.8, 4) is 0 Å². The maximum absolute atomic E-state index is 2.32. The van der Waals surface area contributed by atoms with Crippen LogP contribution in [-0.2, 0) is 5.75 Å². The Morgan fingerprint density at radius 2 is 2.07 bits per heavy atom. The first-order valence-corrected chi connectivity index (χ1v) is 7.01. The minimum absolute atomic E-state index is 0.561. The van der Waals surface area contributed by atoms with E-state index in [2.05, 4.69) is 42.6 Å². The van der Waals surface area contributed by atoms with Crippen molar-refractivity contribution in [2.75, 3.05) is 0 Å². The number of rotatable bonds is 0. The molecule has 0 nitrogen and oxygen atoms in total. The van der Waals surface area contributed by atoms with Crippen molar-refractivity contribution in [3.05, 3.63) is 51.7 Å². The standard InChI is InChI=1S/C13H12S2/c1-9-11-5-3-2-4-10(11)8-15-12-6-7-14-13(9)12/h2-7,9H,8H2,1H3. The monoisotopic (exact) mass is 232 g/mol. The molecule has 0 bridgehead atoms. The Morgan fingerprint density at radius 3 is 3.00 bits per heavy atom. The number of benzene rings is 1. The van der Waals surface area contributed by atoms with Gasteiger partial charge >= 0.3 is 0 Å². The Morgan fingerprint density at radius 1 is 1.20 bits per heavy atom.